The maximum Gasteiger partial charge on any atom is 0.243 e. The number of amides is 2. The zero-order valence-corrected chi connectivity index (χ0v) is 23.6. The minimum atomic E-state index is -3.48. The summed E-state index contributed by atoms with van der Waals surface area (Å²) in [6.07, 6.45) is 2.38. The third-order valence-corrected chi connectivity index (χ3v) is 9.16. The number of hydrogen-bond donors (Lipinski definition) is 1. The Kier molecular flexibility index (Phi) is 9.78. The summed E-state index contributed by atoms with van der Waals surface area (Å²) in [6, 6.07) is 22.9. The lowest BCUT2D eigenvalue weighted by atomic mass is 10.1. The fourth-order valence-corrected chi connectivity index (χ4v) is 6.25. The second kappa shape index (κ2) is 13.2. The highest BCUT2D eigenvalue weighted by Crippen LogP contribution is 2.22. The molecule has 0 aromatic heterocycles. The first-order chi connectivity index (χ1) is 18.7. The van der Waals surface area contributed by atoms with Crippen LogP contribution in [-0.4, -0.2) is 48.6 Å². The molecule has 4 rings (SSSR count). The van der Waals surface area contributed by atoms with Gasteiger partial charge in [-0.3, -0.25) is 9.59 Å². The molecule has 1 saturated heterocycles. The van der Waals surface area contributed by atoms with Crippen molar-refractivity contribution in [3.63, 3.8) is 0 Å². The van der Waals surface area contributed by atoms with Gasteiger partial charge in [-0.15, -0.1) is 0 Å². The van der Waals surface area contributed by atoms with Crippen molar-refractivity contribution in [3.8, 4) is 0 Å². The molecule has 39 heavy (non-hydrogen) atoms. The second-order valence-corrected chi connectivity index (χ2v) is 12.2. The number of carbonyl (C=O) groups excluding carboxylic acids is 2. The molecule has 0 aliphatic carbocycles. The largest absolute Gasteiger partial charge is 0.350 e. The van der Waals surface area contributed by atoms with Crippen LogP contribution in [0.15, 0.2) is 83.8 Å². The van der Waals surface area contributed by atoms with Crippen LogP contribution in [0.2, 0.25) is 5.02 Å². The SMILES string of the molecule is C[C@@H](C(=O)NCc1ccccc1)N(Cc1ccc(Cl)cc1)C(=O)CCc1ccc(S(=O)(=O)N2CCCC2)cc1. The number of sulfonamides is 1. The van der Waals surface area contributed by atoms with Gasteiger partial charge in [0.1, 0.15) is 6.04 Å². The minimum Gasteiger partial charge on any atom is -0.350 e. The number of rotatable bonds is 11. The van der Waals surface area contributed by atoms with E-state index in [4.69, 9.17) is 11.6 Å². The molecule has 1 fully saturated rings. The standard InChI is InChI=1S/C30H34ClN3O4S/c1-23(30(36)32-21-25-7-3-2-4-8-25)34(22-26-9-14-27(31)15-10-26)29(35)18-13-24-11-16-28(17-12-24)39(37,38)33-19-5-6-20-33/h2-4,7-12,14-17,23H,5-6,13,18-22H2,1H3,(H,32,36)/t23-/m0/s1. The van der Waals surface area contributed by atoms with Crippen LogP contribution in [0.3, 0.4) is 0 Å². The van der Waals surface area contributed by atoms with Gasteiger partial charge in [-0.1, -0.05) is 66.2 Å². The highest BCUT2D eigenvalue weighted by Gasteiger charge is 2.28. The number of aryl methyl sites for hydroxylation is 1. The zero-order valence-electron chi connectivity index (χ0n) is 22.1. The molecule has 0 unspecified atom stereocenters. The summed E-state index contributed by atoms with van der Waals surface area (Å²) in [4.78, 5) is 28.3. The molecule has 7 nitrogen and oxygen atoms in total. The molecule has 1 N–H and O–H groups in total. The highest BCUT2D eigenvalue weighted by molar-refractivity contribution is 7.89. The first kappa shape index (κ1) is 28.8. The van der Waals surface area contributed by atoms with E-state index in [1.54, 1.807) is 48.2 Å². The molecule has 2 amide bonds. The van der Waals surface area contributed by atoms with Gasteiger partial charge in [0.05, 0.1) is 4.90 Å². The normalized spacial score (nSPS) is 14.6. The van der Waals surface area contributed by atoms with E-state index in [-0.39, 0.29) is 29.7 Å². The number of nitrogens with one attached hydrogen (secondary N) is 1. The van der Waals surface area contributed by atoms with Crippen molar-refractivity contribution in [2.24, 2.45) is 0 Å². The Labute approximate surface area is 235 Å². The van der Waals surface area contributed by atoms with E-state index in [1.165, 1.54) is 4.31 Å². The van der Waals surface area contributed by atoms with Gasteiger partial charge in [0, 0.05) is 37.6 Å². The Morgan fingerprint density at radius 3 is 2.15 bits per heavy atom. The zero-order chi connectivity index (χ0) is 27.8. The van der Waals surface area contributed by atoms with Crippen molar-refractivity contribution >= 4 is 33.4 Å². The van der Waals surface area contributed by atoms with E-state index in [0.29, 0.717) is 31.1 Å². The molecule has 1 aliphatic heterocycles. The number of benzene rings is 3. The molecule has 3 aromatic rings. The molecule has 206 valence electrons. The highest BCUT2D eigenvalue weighted by atomic mass is 35.5. The van der Waals surface area contributed by atoms with Crippen LogP contribution >= 0.6 is 11.6 Å². The lowest BCUT2D eigenvalue weighted by molar-refractivity contribution is -0.140. The van der Waals surface area contributed by atoms with E-state index in [2.05, 4.69) is 5.32 Å². The molecule has 0 bridgehead atoms. The van der Waals surface area contributed by atoms with Crippen molar-refractivity contribution in [2.75, 3.05) is 13.1 Å². The maximum absolute atomic E-state index is 13.4. The van der Waals surface area contributed by atoms with Crippen molar-refractivity contribution in [1.82, 2.24) is 14.5 Å². The van der Waals surface area contributed by atoms with Crippen molar-refractivity contribution in [3.05, 3.63) is 101 Å². The Morgan fingerprint density at radius 1 is 0.897 bits per heavy atom. The molecular weight excluding hydrogens is 534 g/mol. The van der Waals surface area contributed by atoms with Crippen molar-refractivity contribution < 1.29 is 18.0 Å². The molecule has 0 saturated carbocycles. The molecule has 9 heteroatoms. The number of hydrogen-bond acceptors (Lipinski definition) is 4. The summed E-state index contributed by atoms with van der Waals surface area (Å²) in [7, 11) is -3.48. The molecule has 0 spiro atoms. The number of halogens is 1. The average molecular weight is 568 g/mol. The predicted octanol–water partition coefficient (Wildman–Crippen LogP) is 4.79. The van der Waals surface area contributed by atoms with E-state index >= 15 is 0 Å². The molecule has 0 radical (unpaired) electrons. The van der Waals surface area contributed by atoms with Gasteiger partial charge in [-0.05, 0) is 67.1 Å². The third-order valence-electron chi connectivity index (χ3n) is 7.00. The molecular formula is C30H34ClN3O4S. The quantitative estimate of drug-likeness (QED) is 0.361. The van der Waals surface area contributed by atoms with Gasteiger partial charge >= 0.3 is 0 Å². The van der Waals surface area contributed by atoms with E-state index in [9.17, 15) is 18.0 Å². The van der Waals surface area contributed by atoms with Crippen LogP contribution in [0.4, 0.5) is 0 Å². The summed E-state index contributed by atoms with van der Waals surface area (Å²) in [5.41, 5.74) is 2.70. The minimum absolute atomic E-state index is 0.166. The van der Waals surface area contributed by atoms with Gasteiger partial charge in [0.15, 0.2) is 0 Å². The Morgan fingerprint density at radius 2 is 1.51 bits per heavy atom. The summed E-state index contributed by atoms with van der Waals surface area (Å²) in [5.74, 6) is -0.404. The first-order valence-electron chi connectivity index (χ1n) is 13.2. The molecule has 1 heterocycles. The monoisotopic (exact) mass is 567 g/mol. The number of nitrogens with zero attached hydrogens (tertiary/aromatic N) is 2. The topological polar surface area (TPSA) is 86.8 Å². The van der Waals surface area contributed by atoms with Crippen LogP contribution in [0.25, 0.3) is 0 Å². The summed E-state index contributed by atoms with van der Waals surface area (Å²) in [6.45, 7) is 3.48. The molecule has 3 aromatic carbocycles. The van der Waals surface area contributed by atoms with Crippen LogP contribution in [0.5, 0.6) is 0 Å². The van der Waals surface area contributed by atoms with Crippen LogP contribution in [0.1, 0.15) is 42.9 Å². The van der Waals surface area contributed by atoms with Gasteiger partial charge in [0.2, 0.25) is 21.8 Å². The summed E-state index contributed by atoms with van der Waals surface area (Å²) in [5, 5.41) is 3.53. The predicted molar refractivity (Wildman–Crippen MR) is 153 cm³/mol. The van der Waals surface area contributed by atoms with E-state index in [0.717, 1.165) is 29.5 Å². The lowest BCUT2D eigenvalue weighted by Gasteiger charge is -2.29. The van der Waals surface area contributed by atoms with Gasteiger partial charge in [-0.2, -0.15) is 4.31 Å². The first-order valence-corrected chi connectivity index (χ1v) is 15.0. The lowest BCUT2D eigenvalue weighted by Crippen LogP contribution is -2.47. The van der Waals surface area contributed by atoms with Gasteiger partial charge in [-0.25, -0.2) is 8.42 Å². The second-order valence-electron chi connectivity index (χ2n) is 9.78. The van der Waals surface area contributed by atoms with E-state index in [1.807, 2.05) is 42.5 Å². The Bertz CT molecular complexity index is 1360. The van der Waals surface area contributed by atoms with Crippen LogP contribution < -0.4 is 5.32 Å². The fraction of sp³-hybridized carbons (Fsp3) is 0.333. The van der Waals surface area contributed by atoms with Gasteiger partial charge < -0.3 is 10.2 Å². The van der Waals surface area contributed by atoms with Gasteiger partial charge in [0.25, 0.3) is 0 Å². The molecule has 1 aliphatic rings. The summed E-state index contributed by atoms with van der Waals surface area (Å²) >= 11 is 6.03. The number of carbonyl (C=O) groups is 2. The maximum atomic E-state index is 13.4. The van der Waals surface area contributed by atoms with Crippen molar-refractivity contribution in [1.29, 1.82) is 0 Å². The fourth-order valence-electron chi connectivity index (χ4n) is 4.60. The van der Waals surface area contributed by atoms with E-state index < -0.39 is 16.1 Å². The van der Waals surface area contributed by atoms with Crippen LogP contribution in [-0.2, 0) is 39.1 Å². The Hall–Kier alpha value is -3.20. The van der Waals surface area contributed by atoms with Crippen LogP contribution in [0, 0.1) is 0 Å². The Balaban J connectivity index is 1.42. The average Bonchev–Trinajstić information content (AvgIpc) is 3.51. The smallest absolute Gasteiger partial charge is 0.243 e. The van der Waals surface area contributed by atoms with Crippen molar-refractivity contribution in [2.45, 2.75) is 56.6 Å². The molecule has 1 atom stereocenters. The third kappa shape index (κ3) is 7.68. The summed E-state index contributed by atoms with van der Waals surface area (Å²) < 4.78 is 27.1.